The predicted molar refractivity (Wildman–Crippen MR) is 83.8 cm³/mol. The zero-order valence-electron chi connectivity index (χ0n) is 11.8. The van der Waals surface area contributed by atoms with Crippen LogP contribution in [0.5, 0.6) is 0 Å². The highest BCUT2D eigenvalue weighted by Crippen LogP contribution is 2.27. The second kappa shape index (κ2) is 6.08. The zero-order chi connectivity index (χ0) is 13.8. The summed E-state index contributed by atoms with van der Waals surface area (Å²) in [7, 11) is 0. The van der Waals surface area contributed by atoms with Gasteiger partial charge in [-0.25, -0.2) is 0 Å². The highest BCUT2D eigenvalue weighted by atomic mass is 16.1. The lowest BCUT2D eigenvalue weighted by Gasteiger charge is -2.20. The summed E-state index contributed by atoms with van der Waals surface area (Å²) in [5.74, 6) is 0.747. The molecule has 0 aromatic heterocycles. The van der Waals surface area contributed by atoms with E-state index in [0.29, 0.717) is 12.3 Å². The van der Waals surface area contributed by atoms with Crippen molar-refractivity contribution in [3.8, 4) is 0 Å². The Labute approximate surface area is 120 Å². The van der Waals surface area contributed by atoms with Crippen LogP contribution in [0.1, 0.15) is 38.5 Å². The minimum Gasteiger partial charge on any atom is -0.326 e. The summed E-state index contributed by atoms with van der Waals surface area (Å²) < 4.78 is 0. The van der Waals surface area contributed by atoms with Crippen molar-refractivity contribution in [1.82, 2.24) is 0 Å². The Balaban J connectivity index is 1.64. The SMILES string of the molecule is O=C(CC1CCCCC1)Nc1ccc2ccccc2c1. The zero-order valence-corrected chi connectivity index (χ0v) is 11.8. The van der Waals surface area contributed by atoms with Gasteiger partial charge in [-0.05, 0) is 41.7 Å². The Morgan fingerprint density at radius 2 is 1.75 bits per heavy atom. The van der Waals surface area contributed by atoms with Crippen molar-refractivity contribution in [1.29, 1.82) is 0 Å². The van der Waals surface area contributed by atoms with Crippen molar-refractivity contribution in [2.75, 3.05) is 5.32 Å². The molecule has 1 aliphatic rings. The normalized spacial score (nSPS) is 16.2. The van der Waals surface area contributed by atoms with Crippen molar-refractivity contribution in [3.05, 3.63) is 42.5 Å². The second-order valence-corrected chi connectivity index (χ2v) is 5.82. The van der Waals surface area contributed by atoms with Crippen LogP contribution in [0, 0.1) is 5.92 Å². The molecule has 2 heteroatoms. The molecule has 2 aromatic rings. The third kappa shape index (κ3) is 3.19. The smallest absolute Gasteiger partial charge is 0.224 e. The van der Waals surface area contributed by atoms with E-state index >= 15 is 0 Å². The molecule has 0 radical (unpaired) electrons. The molecule has 1 saturated carbocycles. The van der Waals surface area contributed by atoms with Gasteiger partial charge in [0.05, 0.1) is 0 Å². The number of benzene rings is 2. The Morgan fingerprint density at radius 3 is 2.55 bits per heavy atom. The van der Waals surface area contributed by atoms with Crippen LogP contribution in [-0.2, 0) is 4.79 Å². The minimum atomic E-state index is 0.159. The number of carbonyl (C=O) groups is 1. The van der Waals surface area contributed by atoms with E-state index in [1.807, 2.05) is 24.3 Å². The van der Waals surface area contributed by atoms with Crippen LogP contribution in [0.4, 0.5) is 5.69 Å². The van der Waals surface area contributed by atoms with Crippen LogP contribution in [-0.4, -0.2) is 5.91 Å². The number of nitrogens with one attached hydrogen (secondary N) is 1. The van der Waals surface area contributed by atoms with E-state index in [4.69, 9.17) is 0 Å². The van der Waals surface area contributed by atoms with E-state index < -0.39 is 0 Å². The molecule has 1 amide bonds. The van der Waals surface area contributed by atoms with E-state index in [0.717, 1.165) is 5.69 Å². The molecule has 1 aliphatic carbocycles. The van der Waals surface area contributed by atoms with Gasteiger partial charge in [-0.2, -0.15) is 0 Å². The quantitative estimate of drug-likeness (QED) is 0.854. The van der Waals surface area contributed by atoms with Gasteiger partial charge in [0.25, 0.3) is 0 Å². The first kappa shape index (κ1) is 13.2. The van der Waals surface area contributed by atoms with Gasteiger partial charge >= 0.3 is 0 Å². The number of fused-ring (bicyclic) bond motifs is 1. The number of carbonyl (C=O) groups excluding carboxylic acids is 1. The third-order valence-electron chi connectivity index (χ3n) is 4.23. The highest BCUT2D eigenvalue weighted by molar-refractivity contribution is 5.94. The molecule has 0 atom stereocenters. The standard InChI is InChI=1S/C18H21NO/c20-18(12-14-6-2-1-3-7-14)19-17-11-10-15-8-4-5-9-16(15)13-17/h4-5,8-11,13-14H,1-3,6-7,12H2,(H,19,20). The Hall–Kier alpha value is -1.83. The Bertz CT molecular complexity index is 599. The van der Waals surface area contributed by atoms with Crippen LogP contribution in [0.3, 0.4) is 0 Å². The summed E-state index contributed by atoms with van der Waals surface area (Å²) in [6, 6.07) is 14.3. The molecular weight excluding hydrogens is 246 g/mol. The first-order valence-corrected chi connectivity index (χ1v) is 7.60. The number of amides is 1. The van der Waals surface area contributed by atoms with E-state index in [1.165, 1.54) is 42.9 Å². The van der Waals surface area contributed by atoms with Crippen molar-refractivity contribution in [2.24, 2.45) is 5.92 Å². The summed E-state index contributed by atoms with van der Waals surface area (Å²) in [6.07, 6.45) is 7.01. The molecule has 0 bridgehead atoms. The fourth-order valence-corrected chi connectivity index (χ4v) is 3.13. The monoisotopic (exact) mass is 267 g/mol. The van der Waals surface area contributed by atoms with Gasteiger partial charge < -0.3 is 5.32 Å². The molecule has 20 heavy (non-hydrogen) atoms. The van der Waals surface area contributed by atoms with Crippen LogP contribution in [0.15, 0.2) is 42.5 Å². The van der Waals surface area contributed by atoms with E-state index in [-0.39, 0.29) is 5.91 Å². The molecule has 0 heterocycles. The average Bonchev–Trinajstić information content (AvgIpc) is 2.48. The van der Waals surface area contributed by atoms with E-state index in [9.17, 15) is 4.79 Å². The number of hydrogen-bond donors (Lipinski definition) is 1. The summed E-state index contributed by atoms with van der Waals surface area (Å²) in [5, 5.41) is 5.42. The summed E-state index contributed by atoms with van der Waals surface area (Å²) in [5.41, 5.74) is 0.907. The molecule has 1 fully saturated rings. The number of hydrogen-bond acceptors (Lipinski definition) is 1. The van der Waals surface area contributed by atoms with Crippen LogP contribution >= 0.6 is 0 Å². The number of rotatable bonds is 3. The number of anilines is 1. The highest BCUT2D eigenvalue weighted by Gasteiger charge is 2.16. The molecule has 0 unspecified atom stereocenters. The van der Waals surface area contributed by atoms with Gasteiger partial charge in [0, 0.05) is 12.1 Å². The topological polar surface area (TPSA) is 29.1 Å². The molecule has 1 N–H and O–H groups in total. The third-order valence-corrected chi connectivity index (χ3v) is 4.23. The maximum atomic E-state index is 12.1. The van der Waals surface area contributed by atoms with Gasteiger partial charge in [0.2, 0.25) is 5.91 Å². The summed E-state index contributed by atoms with van der Waals surface area (Å²) >= 11 is 0. The van der Waals surface area contributed by atoms with Crippen molar-refractivity contribution in [2.45, 2.75) is 38.5 Å². The second-order valence-electron chi connectivity index (χ2n) is 5.82. The molecule has 2 nitrogen and oxygen atoms in total. The molecule has 0 saturated heterocycles. The summed E-state index contributed by atoms with van der Waals surface area (Å²) in [4.78, 5) is 12.1. The van der Waals surface area contributed by atoms with Crippen LogP contribution < -0.4 is 5.32 Å². The first-order chi connectivity index (χ1) is 9.81. The lowest BCUT2D eigenvalue weighted by atomic mass is 9.87. The maximum Gasteiger partial charge on any atom is 0.224 e. The van der Waals surface area contributed by atoms with Gasteiger partial charge in [-0.3, -0.25) is 4.79 Å². The average molecular weight is 267 g/mol. The van der Waals surface area contributed by atoms with Crippen LogP contribution in [0.2, 0.25) is 0 Å². The first-order valence-electron chi connectivity index (χ1n) is 7.60. The molecule has 0 aliphatic heterocycles. The van der Waals surface area contributed by atoms with Crippen molar-refractivity contribution < 1.29 is 4.79 Å². The molecular formula is C18H21NO. The van der Waals surface area contributed by atoms with E-state index in [2.05, 4.69) is 23.5 Å². The molecule has 0 spiro atoms. The van der Waals surface area contributed by atoms with E-state index in [1.54, 1.807) is 0 Å². The maximum absolute atomic E-state index is 12.1. The summed E-state index contributed by atoms with van der Waals surface area (Å²) in [6.45, 7) is 0. The molecule has 2 aromatic carbocycles. The van der Waals surface area contributed by atoms with Crippen LogP contribution in [0.25, 0.3) is 10.8 Å². The lowest BCUT2D eigenvalue weighted by Crippen LogP contribution is -2.18. The predicted octanol–water partition coefficient (Wildman–Crippen LogP) is 4.75. The van der Waals surface area contributed by atoms with Crippen molar-refractivity contribution in [3.63, 3.8) is 0 Å². The van der Waals surface area contributed by atoms with Gasteiger partial charge in [-0.1, -0.05) is 49.6 Å². The van der Waals surface area contributed by atoms with Gasteiger partial charge in [-0.15, -0.1) is 0 Å². The van der Waals surface area contributed by atoms with Gasteiger partial charge in [0.1, 0.15) is 0 Å². The Morgan fingerprint density at radius 1 is 1.00 bits per heavy atom. The lowest BCUT2D eigenvalue weighted by molar-refractivity contribution is -0.117. The van der Waals surface area contributed by atoms with Gasteiger partial charge in [0.15, 0.2) is 0 Å². The largest absolute Gasteiger partial charge is 0.326 e. The molecule has 3 rings (SSSR count). The fourth-order valence-electron chi connectivity index (χ4n) is 3.13. The minimum absolute atomic E-state index is 0.159. The fraction of sp³-hybridized carbons (Fsp3) is 0.389. The molecule has 104 valence electrons. The Kier molecular flexibility index (Phi) is 4.00. The van der Waals surface area contributed by atoms with Crippen molar-refractivity contribution >= 4 is 22.4 Å².